The van der Waals surface area contributed by atoms with Gasteiger partial charge >= 0.3 is 0 Å². The fraction of sp³-hybridized carbons (Fsp3) is 0.833. The molecule has 3 unspecified atom stereocenters. The van der Waals surface area contributed by atoms with Crippen LogP contribution in [0.1, 0.15) is 44.3 Å². The highest BCUT2D eigenvalue weighted by Crippen LogP contribution is 2.61. The molecule has 2 saturated carbocycles. The third-order valence-corrected chi connectivity index (χ3v) is 4.31. The first-order valence-electron chi connectivity index (χ1n) is 6.47. The van der Waals surface area contributed by atoms with Crippen LogP contribution in [-0.2, 0) is 6.54 Å². The van der Waals surface area contributed by atoms with Crippen LogP contribution >= 0.6 is 0 Å². The number of aryl methyl sites for hydroxylation is 1. The number of hydrogen-bond donors (Lipinski definition) is 1. The molecule has 16 heavy (non-hydrogen) atoms. The molecule has 2 fully saturated rings. The Bertz CT molecular complexity index is 363. The minimum atomic E-state index is 0.164. The Morgan fingerprint density at radius 3 is 2.94 bits per heavy atom. The van der Waals surface area contributed by atoms with Gasteiger partial charge in [0, 0.05) is 6.54 Å². The van der Waals surface area contributed by atoms with Crippen molar-refractivity contribution in [2.45, 2.75) is 45.2 Å². The predicted molar refractivity (Wildman–Crippen MR) is 61.6 cm³/mol. The Morgan fingerprint density at radius 1 is 1.50 bits per heavy atom. The van der Waals surface area contributed by atoms with E-state index in [0.29, 0.717) is 5.92 Å². The van der Waals surface area contributed by atoms with Crippen molar-refractivity contribution in [3.8, 4) is 0 Å². The largest absolute Gasteiger partial charge is 0.322 e. The Kier molecular flexibility index (Phi) is 2.46. The molecule has 2 aliphatic rings. The van der Waals surface area contributed by atoms with Crippen molar-refractivity contribution in [1.29, 1.82) is 0 Å². The van der Waals surface area contributed by atoms with Gasteiger partial charge in [-0.05, 0) is 37.0 Å². The summed E-state index contributed by atoms with van der Waals surface area (Å²) in [6.45, 7) is 3.09. The van der Waals surface area contributed by atoms with Gasteiger partial charge in [-0.2, -0.15) is 0 Å². The van der Waals surface area contributed by atoms with E-state index in [1.807, 2.05) is 10.9 Å². The van der Waals surface area contributed by atoms with Crippen molar-refractivity contribution in [2.75, 3.05) is 0 Å². The molecule has 4 nitrogen and oxygen atoms in total. The molecule has 0 amide bonds. The van der Waals surface area contributed by atoms with Gasteiger partial charge in [-0.15, -0.1) is 5.10 Å². The standard InChI is InChI=1S/C12H20N4/c1-2-6-16-10(7-14-15-16)12(13)11-8-4-3-5-9(8)11/h7-9,11-12H,2-6,13H2,1H3. The van der Waals surface area contributed by atoms with Gasteiger partial charge in [-0.3, -0.25) is 0 Å². The van der Waals surface area contributed by atoms with Gasteiger partial charge in [0.2, 0.25) is 0 Å². The number of nitrogens with zero attached hydrogens (tertiary/aromatic N) is 3. The first-order valence-corrected chi connectivity index (χ1v) is 6.47. The minimum Gasteiger partial charge on any atom is -0.322 e. The third-order valence-electron chi connectivity index (χ3n) is 4.31. The molecule has 1 heterocycles. The summed E-state index contributed by atoms with van der Waals surface area (Å²) in [4.78, 5) is 0. The molecule has 3 rings (SSSR count). The Hall–Kier alpha value is -0.900. The van der Waals surface area contributed by atoms with Gasteiger partial charge in [-0.1, -0.05) is 18.6 Å². The molecule has 0 radical (unpaired) electrons. The van der Waals surface area contributed by atoms with Crippen molar-refractivity contribution < 1.29 is 0 Å². The van der Waals surface area contributed by atoms with Gasteiger partial charge in [0.25, 0.3) is 0 Å². The zero-order valence-electron chi connectivity index (χ0n) is 9.84. The molecule has 1 aromatic rings. The van der Waals surface area contributed by atoms with E-state index in [0.717, 1.165) is 30.5 Å². The van der Waals surface area contributed by atoms with Gasteiger partial charge in [-0.25, -0.2) is 4.68 Å². The minimum absolute atomic E-state index is 0.164. The number of rotatable bonds is 4. The van der Waals surface area contributed by atoms with Crippen LogP contribution in [0, 0.1) is 17.8 Å². The van der Waals surface area contributed by atoms with Crippen molar-refractivity contribution >= 4 is 0 Å². The first kappa shape index (κ1) is 10.3. The van der Waals surface area contributed by atoms with E-state index in [1.165, 1.54) is 19.3 Å². The van der Waals surface area contributed by atoms with Crippen LogP contribution in [0.5, 0.6) is 0 Å². The second kappa shape index (κ2) is 3.84. The van der Waals surface area contributed by atoms with Crippen LogP contribution < -0.4 is 5.73 Å². The summed E-state index contributed by atoms with van der Waals surface area (Å²) in [5.41, 5.74) is 7.51. The first-order chi connectivity index (χ1) is 7.83. The number of aromatic nitrogens is 3. The van der Waals surface area contributed by atoms with Gasteiger partial charge < -0.3 is 5.73 Å². The molecule has 0 spiro atoms. The van der Waals surface area contributed by atoms with E-state index in [4.69, 9.17) is 5.73 Å². The van der Waals surface area contributed by atoms with Crippen LogP contribution in [0.2, 0.25) is 0 Å². The highest BCUT2D eigenvalue weighted by Gasteiger charge is 2.55. The molecule has 0 bridgehead atoms. The number of hydrogen-bond acceptors (Lipinski definition) is 3. The van der Waals surface area contributed by atoms with Crippen LogP contribution in [-0.4, -0.2) is 15.0 Å². The Morgan fingerprint density at radius 2 is 2.25 bits per heavy atom. The topological polar surface area (TPSA) is 56.7 Å². The fourth-order valence-electron chi connectivity index (χ4n) is 3.52. The summed E-state index contributed by atoms with van der Waals surface area (Å²) in [6, 6.07) is 0.164. The second-order valence-electron chi connectivity index (χ2n) is 5.24. The molecular weight excluding hydrogens is 200 g/mol. The summed E-state index contributed by atoms with van der Waals surface area (Å²) in [7, 11) is 0. The molecule has 0 aliphatic heterocycles. The molecule has 3 atom stereocenters. The van der Waals surface area contributed by atoms with Crippen molar-refractivity contribution in [3.63, 3.8) is 0 Å². The maximum Gasteiger partial charge on any atom is 0.0757 e. The SMILES string of the molecule is CCCn1nncc1C(N)C1C2CCCC21. The Labute approximate surface area is 96.2 Å². The van der Waals surface area contributed by atoms with Crippen molar-refractivity contribution in [2.24, 2.45) is 23.5 Å². The molecule has 4 heteroatoms. The monoisotopic (exact) mass is 220 g/mol. The van der Waals surface area contributed by atoms with E-state index >= 15 is 0 Å². The highest BCUT2D eigenvalue weighted by atomic mass is 15.4. The van der Waals surface area contributed by atoms with Gasteiger partial charge in [0.1, 0.15) is 0 Å². The lowest BCUT2D eigenvalue weighted by Crippen LogP contribution is -2.20. The van der Waals surface area contributed by atoms with Crippen LogP contribution in [0.15, 0.2) is 6.20 Å². The van der Waals surface area contributed by atoms with Crippen molar-refractivity contribution in [3.05, 3.63) is 11.9 Å². The normalized spacial score (nSPS) is 33.8. The zero-order chi connectivity index (χ0) is 11.1. The molecule has 88 valence electrons. The van der Waals surface area contributed by atoms with Gasteiger partial charge in [0.05, 0.1) is 17.9 Å². The molecule has 0 aromatic carbocycles. The van der Waals surface area contributed by atoms with E-state index in [9.17, 15) is 0 Å². The fourth-order valence-corrected chi connectivity index (χ4v) is 3.52. The smallest absolute Gasteiger partial charge is 0.0757 e. The van der Waals surface area contributed by atoms with E-state index in [2.05, 4.69) is 17.2 Å². The molecule has 2 N–H and O–H groups in total. The quantitative estimate of drug-likeness (QED) is 0.840. The molecule has 2 aliphatic carbocycles. The lowest BCUT2D eigenvalue weighted by Gasteiger charge is -2.14. The van der Waals surface area contributed by atoms with Crippen LogP contribution in [0.25, 0.3) is 0 Å². The maximum absolute atomic E-state index is 6.37. The highest BCUT2D eigenvalue weighted by molar-refractivity contribution is 5.14. The average molecular weight is 220 g/mol. The summed E-state index contributed by atoms with van der Waals surface area (Å²) in [5.74, 6) is 2.52. The maximum atomic E-state index is 6.37. The van der Waals surface area contributed by atoms with Crippen LogP contribution in [0.4, 0.5) is 0 Å². The number of fused-ring (bicyclic) bond motifs is 1. The molecule has 1 aromatic heterocycles. The lowest BCUT2D eigenvalue weighted by atomic mass is 10.0. The third kappa shape index (κ3) is 1.47. The summed E-state index contributed by atoms with van der Waals surface area (Å²) in [6.07, 6.45) is 7.12. The summed E-state index contributed by atoms with van der Waals surface area (Å²) in [5, 5.41) is 8.12. The van der Waals surface area contributed by atoms with E-state index in [-0.39, 0.29) is 6.04 Å². The van der Waals surface area contributed by atoms with Crippen molar-refractivity contribution in [1.82, 2.24) is 15.0 Å². The average Bonchev–Trinajstić information content (AvgIpc) is 2.73. The van der Waals surface area contributed by atoms with Gasteiger partial charge in [0.15, 0.2) is 0 Å². The van der Waals surface area contributed by atoms with Crippen LogP contribution in [0.3, 0.4) is 0 Å². The summed E-state index contributed by atoms with van der Waals surface area (Å²) < 4.78 is 1.98. The Balaban J connectivity index is 1.74. The van der Waals surface area contributed by atoms with E-state index in [1.54, 1.807) is 0 Å². The second-order valence-corrected chi connectivity index (χ2v) is 5.24. The lowest BCUT2D eigenvalue weighted by molar-refractivity contribution is 0.455. The molecule has 0 saturated heterocycles. The number of nitrogens with two attached hydrogens (primary N) is 1. The predicted octanol–water partition coefficient (Wildman–Crippen LogP) is 1.73. The van der Waals surface area contributed by atoms with E-state index < -0.39 is 0 Å². The zero-order valence-corrected chi connectivity index (χ0v) is 9.84. The summed E-state index contributed by atoms with van der Waals surface area (Å²) >= 11 is 0. The molecular formula is C12H20N4.